The summed E-state index contributed by atoms with van der Waals surface area (Å²) in [4.78, 5) is 31.1. The maximum atomic E-state index is 12.0. The van der Waals surface area contributed by atoms with E-state index in [1.165, 1.54) is 24.9 Å². The number of amidine groups is 1. The average molecular weight is 389 g/mol. The van der Waals surface area contributed by atoms with Crippen LogP contribution in [-0.4, -0.2) is 35.5 Å². The minimum Gasteiger partial charge on any atom is -1.00 e. The molecule has 1 aliphatic rings. The lowest BCUT2D eigenvalue weighted by Gasteiger charge is -2.09. The number of halogens is 2. The Kier molecular flexibility index (Phi) is 10.4. The molecule has 1 atom stereocenters. The Morgan fingerprint density at radius 3 is 2.62 bits per heavy atom. The molecule has 1 aromatic carbocycles. The number of amides is 1. The molecule has 0 radical (unpaired) electrons. The molecule has 1 heterocycles. The Morgan fingerprint density at radius 1 is 1.33 bits per heavy atom. The fourth-order valence-electron chi connectivity index (χ4n) is 1.75. The third kappa shape index (κ3) is 7.35. The van der Waals surface area contributed by atoms with E-state index in [-0.39, 0.29) is 36.5 Å². The van der Waals surface area contributed by atoms with E-state index in [0.717, 1.165) is 5.56 Å². The number of thioether (sulfide) groups is 1. The highest BCUT2D eigenvalue weighted by Gasteiger charge is 2.27. The molecule has 0 saturated heterocycles. The monoisotopic (exact) mass is 388 g/mol. The number of hydrogen-bond donors (Lipinski definition) is 2. The van der Waals surface area contributed by atoms with Gasteiger partial charge in [0, 0.05) is 0 Å². The summed E-state index contributed by atoms with van der Waals surface area (Å²) in [5.74, 6) is 0.391. The summed E-state index contributed by atoms with van der Waals surface area (Å²) in [6.45, 7) is 1.50. The van der Waals surface area contributed by atoms with Crippen LogP contribution in [0.2, 0.25) is 0 Å². The minimum absolute atomic E-state index is 0. The van der Waals surface area contributed by atoms with Crippen LogP contribution in [0.1, 0.15) is 12.5 Å². The smallest absolute Gasteiger partial charge is 0.305 e. The van der Waals surface area contributed by atoms with Crippen LogP contribution >= 0.6 is 24.2 Å². The zero-order valence-corrected chi connectivity index (χ0v) is 15.3. The van der Waals surface area contributed by atoms with Gasteiger partial charge >= 0.3 is 11.3 Å². The highest BCUT2D eigenvalue weighted by atomic mass is 35.5. The second kappa shape index (κ2) is 11.1. The molecular formula is C15H18Cl2N4O2S. The molecule has 1 amide bonds. The van der Waals surface area contributed by atoms with Crippen molar-refractivity contribution < 1.29 is 22.0 Å². The summed E-state index contributed by atoms with van der Waals surface area (Å²) >= 11 is 1.23. The standard InChI is InChI=1S/C15H16N4O2S.2ClH/c1-10(20)9-22-15-17-8-13(19-15)18-14(21)12(16)7-11-5-3-2-4-6-11;;/h2-6,8,12H,7,9,16H2,1H3;2*1H/t12-;;/m0../s1. The van der Waals surface area contributed by atoms with Crippen molar-refractivity contribution in [1.82, 2.24) is 5.32 Å². The van der Waals surface area contributed by atoms with Crippen LogP contribution in [0.3, 0.4) is 0 Å². The molecule has 0 aliphatic carbocycles. The van der Waals surface area contributed by atoms with Crippen molar-refractivity contribution in [3.63, 3.8) is 0 Å². The first-order valence-corrected chi connectivity index (χ1v) is 7.75. The molecule has 0 bridgehead atoms. The molecule has 2 rings (SSSR count). The summed E-state index contributed by atoms with van der Waals surface area (Å²) < 4.78 is 0. The van der Waals surface area contributed by atoms with Gasteiger partial charge in [0.15, 0.2) is 0 Å². The summed E-state index contributed by atoms with van der Waals surface area (Å²) in [6.07, 6.45) is 1.91. The van der Waals surface area contributed by atoms with Gasteiger partial charge < -0.3 is 18.1 Å². The number of hydrogen-bond acceptors (Lipinski definition) is 6. The van der Waals surface area contributed by atoms with Crippen LogP contribution in [0.5, 0.6) is 0 Å². The van der Waals surface area contributed by atoms with Crippen molar-refractivity contribution >= 4 is 47.9 Å². The van der Waals surface area contributed by atoms with E-state index in [4.69, 9.17) is 5.73 Å². The minimum atomic E-state index is -0.660. The van der Waals surface area contributed by atoms with Crippen LogP contribution in [0.25, 0.3) is 0 Å². The van der Waals surface area contributed by atoms with Gasteiger partial charge in [0.1, 0.15) is 5.78 Å². The number of nitrogens with zero attached hydrogens (tertiary/aromatic N) is 2. The summed E-state index contributed by atoms with van der Waals surface area (Å²) in [5.41, 5.74) is 7.35. The number of carbonyl (C=O) groups excluding carboxylic acids is 2. The molecule has 0 unspecified atom stereocenters. The number of ketones is 1. The molecule has 130 valence electrons. The fraction of sp³-hybridized carbons (Fsp3) is 0.267. The summed E-state index contributed by atoms with van der Waals surface area (Å²) in [5, 5.41) is 2.63. The number of Topliss-reactive ketones (excluding diaryl/α,β-unsaturated/α-hetero) is 1. The number of nitrogens with two attached hydrogens (primary N) is 1. The number of nitrogens with one attached hydrogen (secondary N) is 1. The van der Waals surface area contributed by atoms with Crippen molar-refractivity contribution in [2.75, 3.05) is 5.75 Å². The molecule has 0 fully saturated rings. The molecule has 6 nitrogen and oxygen atoms in total. The lowest BCUT2D eigenvalue weighted by Crippen LogP contribution is -3.00. The predicted molar refractivity (Wildman–Crippen MR) is 95.8 cm³/mol. The first-order valence-electron chi connectivity index (χ1n) is 6.77. The Hall–Kier alpha value is -1.54. The van der Waals surface area contributed by atoms with Gasteiger partial charge in [-0.05, 0) is 30.7 Å². The van der Waals surface area contributed by atoms with Crippen molar-refractivity contribution in [3.05, 3.63) is 41.4 Å². The van der Waals surface area contributed by atoms with Gasteiger partial charge in [-0.1, -0.05) is 40.3 Å². The van der Waals surface area contributed by atoms with E-state index >= 15 is 0 Å². The van der Waals surface area contributed by atoms with Crippen molar-refractivity contribution in [2.24, 2.45) is 15.7 Å². The highest BCUT2D eigenvalue weighted by Crippen LogP contribution is 2.24. The van der Waals surface area contributed by atoms with Crippen LogP contribution < -0.4 is 23.5 Å². The fourth-order valence-corrected chi connectivity index (χ4v) is 2.38. The van der Waals surface area contributed by atoms with E-state index in [1.807, 2.05) is 30.3 Å². The number of rotatable bonds is 6. The molecule has 24 heavy (non-hydrogen) atoms. The maximum absolute atomic E-state index is 12.0. The SMILES string of the molecule is CC(=O)CS[C+]1N=CC(NC(=O)[C@@H](N)Cc2ccccc2)=N1.Cl.[Cl-]. The third-order valence-electron chi connectivity index (χ3n) is 2.80. The zero-order valence-electron chi connectivity index (χ0n) is 12.9. The van der Waals surface area contributed by atoms with Gasteiger partial charge in [0.05, 0.1) is 11.8 Å². The van der Waals surface area contributed by atoms with E-state index in [1.54, 1.807) is 0 Å². The van der Waals surface area contributed by atoms with E-state index < -0.39 is 6.04 Å². The molecule has 0 spiro atoms. The number of carbonyl (C=O) groups is 2. The van der Waals surface area contributed by atoms with Crippen molar-refractivity contribution in [1.29, 1.82) is 0 Å². The van der Waals surface area contributed by atoms with Crippen LogP contribution in [-0.2, 0) is 16.0 Å². The Labute approximate surface area is 157 Å². The van der Waals surface area contributed by atoms with Gasteiger partial charge in [-0.2, -0.15) is 0 Å². The van der Waals surface area contributed by atoms with Crippen LogP contribution in [0.4, 0.5) is 0 Å². The van der Waals surface area contributed by atoms with Gasteiger partial charge in [0.2, 0.25) is 6.21 Å². The molecule has 3 N–H and O–H groups in total. The molecule has 1 aliphatic heterocycles. The second-order valence-corrected chi connectivity index (χ2v) is 5.76. The molecule has 0 saturated carbocycles. The topological polar surface area (TPSA) is 96.9 Å². The lowest BCUT2D eigenvalue weighted by molar-refractivity contribution is -0.121. The molecular weight excluding hydrogens is 371 g/mol. The molecule has 1 aromatic rings. The summed E-state index contributed by atoms with van der Waals surface area (Å²) in [6, 6.07) is 8.90. The van der Waals surface area contributed by atoms with E-state index in [2.05, 4.69) is 15.3 Å². The van der Waals surface area contributed by atoms with Gasteiger partial charge in [-0.3, -0.25) is 9.59 Å². The first-order chi connectivity index (χ1) is 10.5. The zero-order chi connectivity index (χ0) is 15.9. The van der Waals surface area contributed by atoms with Crippen molar-refractivity contribution in [2.45, 2.75) is 19.4 Å². The van der Waals surface area contributed by atoms with E-state index in [9.17, 15) is 9.59 Å². The molecule has 9 heteroatoms. The quantitative estimate of drug-likeness (QED) is 0.570. The van der Waals surface area contributed by atoms with Crippen molar-refractivity contribution in [3.8, 4) is 0 Å². The largest absolute Gasteiger partial charge is 1.00 e. The number of benzene rings is 1. The van der Waals surface area contributed by atoms with Gasteiger partial charge in [-0.15, -0.1) is 12.4 Å². The maximum Gasteiger partial charge on any atom is 0.305 e. The summed E-state index contributed by atoms with van der Waals surface area (Å²) in [7, 11) is 0. The van der Waals surface area contributed by atoms with Crippen LogP contribution in [0, 0.1) is 5.50 Å². The second-order valence-electron chi connectivity index (χ2n) is 4.81. The predicted octanol–water partition coefficient (Wildman–Crippen LogP) is -1.65. The van der Waals surface area contributed by atoms with Crippen LogP contribution in [0.15, 0.2) is 40.3 Å². The normalized spacial score (nSPS) is 13.4. The van der Waals surface area contributed by atoms with Gasteiger partial charge in [-0.25, -0.2) is 5.32 Å². The Balaban J connectivity index is 0.00000264. The highest BCUT2D eigenvalue weighted by molar-refractivity contribution is 8.02. The Bertz CT molecular complexity index is 611. The first kappa shape index (κ1) is 22.5. The van der Waals surface area contributed by atoms with Gasteiger partial charge in [0.25, 0.3) is 5.91 Å². The lowest BCUT2D eigenvalue weighted by atomic mass is 10.1. The Morgan fingerprint density at radius 2 is 2.00 bits per heavy atom. The van der Waals surface area contributed by atoms with E-state index in [0.29, 0.717) is 23.5 Å². The third-order valence-corrected chi connectivity index (χ3v) is 3.81. The number of aliphatic imine (C=N–C) groups is 2. The average Bonchev–Trinajstić information content (AvgIpc) is 2.93. The molecule has 0 aromatic heterocycles.